The maximum atomic E-state index is 12.4. The molecule has 3 aromatic carbocycles. The molecule has 0 N–H and O–H groups in total. The summed E-state index contributed by atoms with van der Waals surface area (Å²) in [6.45, 7) is -0.303. The Morgan fingerprint density at radius 1 is 0.667 bits per heavy atom. The average molecular weight is 398 g/mol. The molecule has 0 aliphatic heterocycles. The molecule has 30 heavy (non-hydrogen) atoms. The van der Waals surface area contributed by atoms with Gasteiger partial charge < -0.3 is 4.74 Å². The van der Waals surface area contributed by atoms with Crippen LogP contribution in [0.1, 0.15) is 60.6 Å². The highest BCUT2D eigenvalue weighted by Crippen LogP contribution is 2.22. The molecule has 3 aromatic rings. The molecular formula is C26H22O4. The Kier molecular flexibility index (Phi) is 5.84. The van der Waals surface area contributed by atoms with E-state index in [1.54, 1.807) is 48.5 Å². The van der Waals surface area contributed by atoms with Crippen molar-refractivity contribution < 1.29 is 19.1 Å². The monoisotopic (exact) mass is 398 g/mol. The van der Waals surface area contributed by atoms with E-state index in [0.29, 0.717) is 22.3 Å². The number of ketones is 2. The van der Waals surface area contributed by atoms with Gasteiger partial charge in [-0.25, -0.2) is 4.79 Å². The highest BCUT2D eigenvalue weighted by atomic mass is 16.5. The van der Waals surface area contributed by atoms with E-state index in [2.05, 4.69) is 0 Å². The van der Waals surface area contributed by atoms with Gasteiger partial charge in [0.25, 0.3) is 0 Å². The van der Waals surface area contributed by atoms with Crippen LogP contribution in [0.2, 0.25) is 0 Å². The number of hydrogen-bond donors (Lipinski definition) is 0. The Bertz CT molecular complexity index is 1080. The molecule has 0 aromatic heterocycles. The maximum Gasteiger partial charge on any atom is 0.338 e. The lowest BCUT2D eigenvalue weighted by atomic mass is 9.90. The second-order valence-electron chi connectivity index (χ2n) is 7.46. The summed E-state index contributed by atoms with van der Waals surface area (Å²) in [5.74, 6) is -0.911. The fourth-order valence-corrected chi connectivity index (χ4v) is 3.72. The van der Waals surface area contributed by atoms with Crippen LogP contribution in [-0.2, 0) is 17.6 Å². The van der Waals surface area contributed by atoms with E-state index in [1.165, 1.54) is 17.5 Å². The highest BCUT2D eigenvalue weighted by Gasteiger charge is 2.16. The lowest BCUT2D eigenvalue weighted by Gasteiger charge is -2.16. The SMILES string of the molecule is O=C(COC(=O)c1ccc(C(=O)c2ccccc2)cc1)c1ccc2c(c1)CCCC2. The van der Waals surface area contributed by atoms with Crippen LogP contribution in [0.25, 0.3) is 0 Å². The number of hydrogen-bond acceptors (Lipinski definition) is 4. The van der Waals surface area contributed by atoms with Crippen molar-refractivity contribution in [3.8, 4) is 0 Å². The van der Waals surface area contributed by atoms with Crippen molar-refractivity contribution in [3.63, 3.8) is 0 Å². The minimum Gasteiger partial charge on any atom is -0.454 e. The molecule has 0 unspecified atom stereocenters. The van der Waals surface area contributed by atoms with Gasteiger partial charge in [0.1, 0.15) is 0 Å². The first-order chi connectivity index (χ1) is 14.6. The Hall–Kier alpha value is -3.53. The fourth-order valence-electron chi connectivity index (χ4n) is 3.72. The van der Waals surface area contributed by atoms with E-state index in [1.807, 2.05) is 24.3 Å². The topological polar surface area (TPSA) is 60.4 Å². The van der Waals surface area contributed by atoms with Crippen molar-refractivity contribution in [2.75, 3.05) is 6.61 Å². The smallest absolute Gasteiger partial charge is 0.338 e. The van der Waals surface area contributed by atoms with Gasteiger partial charge >= 0.3 is 5.97 Å². The molecule has 0 atom stereocenters. The Morgan fingerprint density at radius 2 is 1.27 bits per heavy atom. The van der Waals surface area contributed by atoms with Crippen LogP contribution < -0.4 is 0 Å². The van der Waals surface area contributed by atoms with Crippen LogP contribution in [0, 0.1) is 0 Å². The molecule has 1 aliphatic carbocycles. The minimum atomic E-state index is -0.583. The Labute approximate surface area is 175 Å². The molecule has 4 heteroatoms. The number of benzene rings is 3. The van der Waals surface area contributed by atoms with E-state index in [-0.39, 0.29) is 18.2 Å². The third-order valence-electron chi connectivity index (χ3n) is 5.42. The van der Waals surface area contributed by atoms with Crippen molar-refractivity contribution >= 4 is 17.5 Å². The largest absolute Gasteiger partial charge is 0.454 e. The lowest BCUT2D eigenvalue weighted by Crippen LogP contribution is -2.15. The van der Waals surface area contributed by atoms with Gasteiger partial charge in [-0.2, -0.15) is 0 Å². The zero-order valence-electron chi connectivity index (χ0n) is 16.6. The molecule has 0 radical (unpaired) electrons. The van der Waals surface area contributed by atoms with E-state index in [0.717, 1.165) is 19.3 Å². The first kappa shape index (κ1) is 19.8. The number of fused-ring (bicyclic) bond motifs is 1. The normalized spacial score (nSPS) is 12.7. The van der Waals surface area contributed by atoms with E-state index >= 15 is 0 Å². The van der Waals surface area contributed by atoms with Gasteiger partial charge in [0.15, 0.2) is 18.2 Å². The highest BCUT2D eigenvalue weighted by molar-refractivity contribution is 6.09. The predicted octanol–water partition coefficient (Wildman–Crippen LogP) is 4.84. The quantitative estimate of drug-likeness (QED) is 0.440. The third kappa shape index (κ3) is 4.38. The standard InChI is InChI=1S/C26H22O4/c27-24(23-15-10-18-6-4-5-9-22(18)16-23)17-30-26(29)21-13-11-20(12-14-21)25(28)19-7-2-1-3-8-19/h1-3,7-8,10-16H,4-6,9,17H2. The number of esters is 1. The van der Waals surface area contributed by atoms with Crippen molar-refractivity contribution in [2.24, 2.45) is 0 Å². The third-order valence-corrected chi connectivity index (χ3v) is 5.42. The van der Waals surface area contributed by atoms with E-state index in [9.17, 15) is 14.4 Å². The molecule has 0 saturated carbocycles. The van der Waals surface area contributed by atoms with Gasteiger partial charge in [-0.15, -0.1) is 0 Å². The second-order valence-corrected chi connectivity index (χ2v) is 7.46. The van der Waals surface area contributed by atoms with Crippen molar-refractivity contribution in [2.45, 2.75) is 25.7 Å². The van der Waals surface area contributed by atoms with Gasteiger partial charge in [0, 0.05) is 16.7 Å². The van der Waals surface area contributed by atoms with Crippen LogP contribution in [0.15, 0.2) is 72.8 Å². The minimum absolute atomic E-state index is 0.113. The summed E-state index contributed by atoms with van der Waals surface area (Å²) in [7, 11) is 0. The summed E-state index contributed by atoms with van der Waals surface area (Å²) in [5, 5.41) is 0. The van der Waals surface area contributed by atoms with Crippen molar-refractivity contribution in [1.82, 2.24) is 0 Å². The zero-order valence-corrected chi connectivity index (χ0v) is 16.6. The summed E-state index contributed by atoms with van der Waals surface area (Å²) in [6, 6.07) is 21.0. The summed E-state index contributed by atoms with van der Waals surface area (Å²) < 4.78 is 5.20. The number of ether oxygens (including phenoxy) is 1. The first-order valence-corrected chi connectivity index (χ1v) is 10.1. The van der Waals surface area contributed by atoms with Gasteiger partial charge in [0.05, 0.1) is 5.56 Å². The number of Topliss-reactive ketones (excluding diaryl/α,β-unsaturated/α-hetero) is 1. The lowest BCUT2D eigenvalue weighted by molar-refractivity contribution is 0.0474. The van der Waals surface area contributed by atoms with Gasteiger partial charge in [-0.1, -0.05) is 54.6 Å². The molecule has 0 heterocycles. The average Bonchev–Trinajstić information content (AvgIpc) is 2.82. The van der Waals surface area contributed by atoms with Gasteiger partial charge in [-0.3, -0.25) is 9.59 Å². The van der Waals surface area contributed by atoms with Crippen LogP contribution in [0.3, 0.4) is 0 Å². The molecule has 4 rings (SSSR count). The summed E-state index contributed by atoms with van der Waals surface area (Å²) in [6.07, 6.45) is 4.38. The van der Waals surface area contributed by atoms with E-state index < -0.39 is 5.97 Å². The Balaban J connectivity index is 1.37. The number of carbonyl (C=O) groups is 3. The summed E-state index contributed by atoms with van der Waals surface area (Å²) in [4.78, 5) is 37.2. The number of rotatable bonds is 6. The number of aryl methyl sites for hydroxylation is 2. The fraction of sp³-hybridized carbons (Fsp3) is 0.192. The van der Waals surface area contributed by atoms with Crippen LogP contribution in [-0.4, -0.2) is 24.1 Å². The maximum absolute atomic E-state index is 12.4. The molecule has 1 aliphatic rings. The molecule has 150 valence electrons. The molecule has 0 saturated heterocycles. The molecule has 0 spiro atoms. The van der Waals surface area contributed by atoms with Crippen LogP contribution in [0.4, 0.5) is 0 Å². The van der Waals surface area contributed by atoms with Gasteiger partial charge in [0.2, 0.25) is 0 Å². The zero-order chi connectivity index (χ0) is 20.9. The van der Waals surface area contributed by atoms with Gasteiger partial charge in [-0.05, 0) is 55.0 Å². The van der Waals surface area contributed by atoms with Crippen LogP contribution in [0.5, 0.6) is 0 Å². The molecule has 4 nitrogen and oxygen atoms in total. The van der Waals surface area contributed by atoms with E-state index in [4.69, 9.17) is 4.74 Å². The van der Waals surface area contributed by atoms with Crippen molar-refractivity contribution in [3.05, 3.63) is 106 Å². The second kappa shape index (κ2) is 8.87. The molecule has 0 amide bonds. The predicted molar refractivity (Wildman–Crippen MR) is 114 cm³/mol. The number of carbonyl (C=O) groups excluding carboxylic acids is 3. The summed E-state index contributed by atoms with van der Waals surface area (Å²) >= 11 is 0. The van der Waals surface area contributed by atoms with Crippen molar-refractivity contribution in [1.29, 1.82) is 0 Å². The summed E-state index contributed by atoms with van der Waals surface area (Å²) in [5.41, 5.74) is 4.48. The van der Waals surface area contributed by atoms with Crippen LogP contribution >= 0.6 is 0 Å². The Morgan fingerprint density at radius 3 is 2.00 bits per heavy atom. The molecule has 0 bridgehead atoms. The first-order valence-electron chi connectivity index (χ1n) is 10.1. The molecule has 0 fully saturated rings. The molecular weight excluding hydrogens is 376 g/mol.